The Hall–Kier alpha value is -1.97. The minimum Gasteiger partial charge on any atom is -0.496 e. The fourth-order valence-corrected chi connectivity index (χ4v) is 3.14. The van der Waals surface area contributed by atoms with E-state index >= 15 is 0 Å². The molecular formula is C19H27IN4O3. The molecular weight excluding hydrogens is 459 g/mol. The first-order valence-corrected chi connectivity index (χ1v) is 8.74. The van der Waals surface area contributed by atoms with E-state index in [2.05, 4.69) is 33.8 Å². The van der Waals surface area contributed by atoms with E-state index in [0.29, 0.717) is 19.0 Å². The van der Waals surface area contributed by atoms with Gasteiger partial charge in [0.25, 0.3) is 0 Å². The number of aryl methyl sites for hydroxylation is 2. The van der Waals surface area contributed by atoms with Crippen LogP contribution in [-0.2, 0) is 19.5 Å². The average molecular weight is 486 g/mol. The smallest absolute Gasteiger partial charge is 0.191 e. The molecule has 2 N–H and O–H groups in total. The van der Waals surface area contributed by atoms with Crippen LogP contribution in [0, 0.1) is 13.8 Å². The van der Waals surface area contributed by atoms with Crippen molar-refractivity contribution in [3.05, 3.63) is 40.3 Å². The van der Waals surface area contributed by atoms with Crippen LogP contribution in [0.15, 0.2) is 21.6 Å². The summed E-state index contributed by atoms with van der Waals surface area (Å²) in [7, 11) is 3.43. The largest absolute Gasteiger partial charge is 0.496 e. The van der Waals surface area contributed by atoms with E-state index in [1.807, 2.05) is 19.9 Å². The molecule has 0 saturated heterocycles. The van der Waals surface area contributed by atoms with Crippen LogP contribution < -0.4 is 20.1 Å². The molecule has 0 spiro atoms. The van der Waals surface area contributed by atoms with Crippen LogP contribution in [-0.4, -0.2) is 31.4 Å². The minimum absolute atomic E-state index is 0. The number of rotatable bonds is 5. The Labute approximate surface area is 176 Å². The SMILES string of the molecule is CN=C(NCc1cc2c(cc1OC)CC(C)O2)NCc1c(C)noc1C.I. The molecule has 3 rings (SSSR count). The normalized spacial score (nSPS) is 15.6. The Bertz CT molecular complexity index is 800. The molecule has 0 saturated carbocycles. The number of nitrogens with zero attached hydrogens (tertiary/aromatic N) is 2. The van der Waals surface area contributed by atoms with Crippen molar-refractivity contribution < 1.29 is 14.0 Å². The Morgan fingerprint density at radius 2 is 2.04 bits per heavy atom. The van der Waals surface area contributed by atoms with Gasteiger partial charge >= 0.3 is 0 Å². The van der Waals surface area contributed by atoms with Crippen molar-refractivity contribution in [1.29, 1.82) is 0 Å². The predicted molar refractivity (Wildman–Crippen MR) is 115 cm³/mol. The van der Waals surface area contributed by atoms with Gasteiger partial charge in [0, 0.05) is 43.2 Å². The Balaban J connectivity index is 0.00000261. The second-order valence-electron chi connectivity index (χ2n) is 6.49. The van der Waals surface area contributed by atoms with Gasteiger partial charge in [-0.05, 0) is 32.9 Å². The number of halogens is 1. The lowest BCUT2D eigenvalue weighted by Gasteiger charge is -2.15. The van der Waals surface area contributed by atoms with Crippen LogP contribution in [0.2, 0.25) is 0 Å². The van der Waals surface area contributed by atoms with Crippen molar-refractivity contribution in [1.82, 2.24) is 15.8 Å². The summed E-state index contributed by atoms with van der Waals surface area (Å²) in [5.41, 5.74) is 4.15. The zero-order valence-corrected chi connectivity index (χ0v) is 18.7. The summed E-state index contributed by atoms with van der Waals surface area (Å²) in [6.45, 7) is 7.09. The van der Waals surface area contributed by atoms with Gasteiger partial charge in [0.05, 0.1) is 12.8 Å². The number of guanidine groups is 1. The average Bonchev–Trinajstić information content (AvgIpc) is 3.15. The highest BCUT2D eigenvalue weighted by Gasteiger charge is 2.21. The van der Waals surface area contributed by atoms with E-state index in [0.717, 1.165) is 40.5 Å². The van der Waals surface area contributed by atoms with E-state index in [-0.39, 0.29) is 30.1 Å². The number of hydrogen-bond donors (Lipinski definition) is 2. The van der Waals surface area contributed by atoms with Gasteiger partial charge in [-0.15, -0.1) is 24.0 Å². The molecule has 0 fully saturated rings. The first-order valence-electron chi connectivity index (χ1n) is 8.74. The maximum Gasteiger partial charge on any atom is 0.191 e. The second-order valence-corrected chi connectivity index (χ2v) is 6.49. The number of aromatic nitrogens is 1. The van der Waals surface area contributed by atoms with Gasteiger partial charge in [-0.3, -0.25) is 4.99 Å². The number of methoxy groups -OCH3 is 1. The molecule has 1 aliphatic heterocycles. The standard InChI is InChI=1S/C19H26N4O3.HI/c1-11-6-14-7-17(24-5)15(8-18(14)25-11)9-21-19(20-4)22-10-16-12(2)23-26-13(16)3;/h7-8,11H,6,9-10H2,1-5H3,(H2,20,21,22);1H. The molecule has 1 unspecified atom stereocenters. The number of benzene rings is 1. The van der Waals surface area contributed by atoms with Crippen LogP contribution in [0.4, 0.5) is 0 Å². The molecule has 2 heterocycles. The number of fused-ring (bicyclic) bond motifs is 1. The zero-order chi connectivity index (χ0) is 18.7. The quantitative estimate of drug-likeness (QED) is 0.384. The predicted octanol–water partition coefficient (Wildman–Crippen LogP) is 3.11. The molecule has 1 atom stereocenters. The van der Waals surface area contributed by atoms with Gasteiger partial charge in [0.1, 0.15) is 23.4 Å². The third-order valence-electron chi connectivity index (χ3n) is 4.58. The molecule has 0 aliphatic carbocycles. The van der Waals surface area contributed by atoms with Gasteiger partial charge in [-0.25, -0.2) is 0 Å². The lowest BCUT2D eigenvalue weighted by molar-refractivity contribution is 0.254. The molecule has 7 nitrogen and oxygen atoms in total. The van der Waals surface area contributed by atoms with Crippen molar-refractivity contribution in [3.8, 4) is 11.5 Å². The molecule has 0 bridgehead atoms. The second kappa shape index (κ2) is 9.29. The van der Waals surface area contributed by atoms with Crippen molar-refractivity contribution in [3.63, 3.8) is 0 Å². The van der Waals surface area contributed by atoms with Gasteiger partial charge in [0.2, 0.25) is 0 Å². The highest BCUT2D eigenvalue weighted by atomic mass is 127. The van der Waals surface area contributed by atoms with Crippen molar-refractivity contribution in [2.45, 2.75) is 46.4 Å². The van der Waals surface area contributed by atoms with Gasteiger partial charge < -0.3 is 24.6 Å². The summed E-state index contributed by atoms with van der Waals surface area (Å²) >= 11 is 0. The third kappa shape index (κ3) is 4.85. The van der Waals surface area contributed by atoms with Crippen molar-refractivity contribution in [2.75, 3.05) is 14.2 Å². The van der Waals surface area contributed by atoms with Crippen LogP contribution in [0.25, 0.3) is 0 Å². The number of aliphatic imine (C=N–C) groups is 1. The molecule has 8 heteroatoms. The minimum atomic E-state index is 0. The summed E-state index contributed by atoms with van der Waals surface area (Å²) < 4.78 is 16.6. The summed E-state index contributed by atoms with van der Waals surface area (Å²) in [4.78, 5) is 4.27. The van der Waals surface area contributed by atoms with Gasteiger partial charge in [-0.1, -0.05) is 5.16 Å². The summed E-state index contributed by atoms with van der Waals surface area (Å²) in [5.74, 6) is 3.31. The lowest BCUT2D eigenvalue weighted by Crippen LogP contribution is -2.36. The fourth-order valence-electron chi connectivity index (χ4n) is 3.14. The van der Waals surface area contributed by atoms with E-state index in [9.17, 15) is 0 Å². The van der Waals surface area contributed by atoms with Crippen LogP contribution >= 0.6 is 24.0 Å². The summed E-state index contributed by atoms with van der Waals surface area (Å²) in [5, 5.41) is 10.6. The Morgan fingerprint density at radius 3 is 2.67 bits per heavy atom. The van der Waals surface area contributed by atoms with Gasteiger partial charge in [-0.2, -0.15) is 0 Å². The van der Waals surface area contributed by atoms with Crippen LogP contribution in [0.5, 0.6) is 11.5 Å². The third-order valence-corrected chi connectivity index (χ3v) is 4.58. The first kappa shape index (κ1) is 21.3. The Morgan fingerprint density at radius 1 is 1.30 bits per heavy atom. The molecule has 27 heavy (non-hydrogen) atoms. The van der Waals surface area contributed by atoms with E-state index in [4.69, 9.17) is 14.0 Å². The maximum atomic E-state index is 5.86. The van der Waals surface area contributed by atoms with E-state index in [1.165, 1.54) is 5.56 Å². The highest BCUT2D eigenvalue weighted by molar-refractivity contribution is 14.0. The monoisotopic (exact) mass is 486 g/mol. The summed E-state index contributed by atoms with van der Waals surface area (Å²) in [6.07, 6.45) is 1.13. The van der Waals surface area contributed by atoms with Gasteiger partial charge in [0.15, 0.2) is 5.96 Å². The zero-order valence-electron chi connectivity index (χ0n) is 16.4. The topological polar surface area (TPSA) is 80.9 Å². The lowest BCUT2D eigenvalue weighted by atomic mass is 10.1. The molecule has 0 amide bonds. The number of hydrogen-bond acceptors (Lipinski definition) is 5. The molecule has 1 aliphatic rings. The van der Waals surface area contributed by atoms with Crippen molar-refractivity contribution >= 4 is 29.9 Å². The van der Waals surface area contributed by atoms with E-state index < -0.39 is 0 Å². The fraction of sp³-hybridized carbons (Fsp3) is 0.474. The highest BCUT2D eigenvalue weighted by Crippen LogP contribution is 2.34. The van der Waals surface area contributed by atoms with Crippen LogP contribution in [0.3, 0.4) is 0 Å². The van der Waals surface area contributed by atoms with E-state index in [1.54, 1.807) is 14.2 Å². The molecule has 2 aromatic rings. The maximum absolute atomic E-state index is 5.86. The Kier molecular flexibility index (Phi) is 7.34. The number of ether oxygens (including phenoxy) is 2. The molecule has 1 aromatic carbocycles. The first-order chi connectivity index (χ1) is 12.5. The molecule has 1 aromatic heterocycles. The van der Waals surface area contributed by atoms with Crippen LogP contribution in [0.1, 0.15) is 35.1 Å². The van der Waals surface area contributed by atoms with Crippen molar-refractivity contribution in [2.24, 2.45) is 4.99 Å². The molecule has 148 valence electrons. The summed E-state index contributed by atoms with van der Waals surface area (Å²) in [6, 6.07) is 4.11. The number of nitrogens with one attached hydrogen (secondary N) is 2. The molecule has 0 radical (unpaired) electrons.